The summed E-state index contributed by atoms with van der Waals surface area (Å²) in [5.74, 6) is 2.05. The SMILES string of the molecule is CC(C)N1CCC(CC2CCNCC2)CC1. The van der Waals surface area contributed by atoms with E-state index in [0.717, 1.165) is 17.9 Å². The molecule has 0 aromatic rings. The number of nitrogens with one attached hydrogen (secondary N) is 1. The van der Waals surface area contributed by atoms with Gasteiger partial charge in [0, 0.05) is 6.04 Å². The Kier molecular flexibility index (Phi) is 4.66. The molecule has 0 aromatic heterocycles. The molecule has 2 nitrogen and oxygen atoms in total. The Morgan fingerprint density at radius 3 is 2.12 bits per heavy atom. The first-order valence-electron chi connectivity index (χ1n) is 7.20. The maximum atomic E-state index is 3.47. The topological polar surface area (TPSA) is 15.3 Å². The lowest BCUT2D eigenvalue weighted by molar-refractivity contribution is 0.132. The van der Waals surface area contributed by atoms with E-state index in [1.54, 1.807) is 0 Å². The smallest absolute Gasteiger partial charge is 0.00385 e. The minimum absolute atomic E-state index is 0.750. The maximum Gasteiger partial charge on any atom is 0.00385 e. The molecule has 2 saturated heterocycles. The summed E-state index contributed by atoms with van der Waals surface area (Å²) in [6.45, 7) is 9.85. The molecule has 2 aliphatic rings. The lowest BCUT2D eigenvalue weighted by Crippen LogP contribution is -2.39. The largest absolute Gasteiger partial charge is 0.317 e. The van der Waals surface area contributed by atoms with E-state index in [9.17, 15) is 0 Å². The summed E-state index contributed by atoms with van der Waals surface area (Å²) < 4.78 is 0. The van der Waals surface area contributed by atoms with Crippen LogP contribution in [0.1, 0.15) is 46.0 Å². The van der Waals surface area contributed by atoms with Gasteiger partial charge < -0.3 is 10.2 Å². The molecule has 2 aliphatic heterocycles. The van der Waals surface area contributed by atoms with Gasteiger partial charge in [0.2, 0.25) is 0 Å². The fraction of sp³-hybridized carbons (Fsp3) is 1.00. The van der Waals surface area contributed by atoms with Gasteiger partial charge in [-0.1, -0.05) is 0 Å². The molecule has 94 valence electrons. The van der Waals surface area contributed by atoms with E-state index < -0.39 is 0 Å². The van der Waals surface area contributed by atoms with Crippen LogP contribution < -0.4 is 5.32 Å². The average Bonchev–Trinajstić information content (AvgIpc) is 2.31. The number of hydrogen-bond acceptors (Lipinski definition) is 2. The van der Waals surface area contributed by atoms with Crippen molar-refractivity contribution in [3.63, 3.8) is 0 Å². The van der Waals surface area contributed by atoms with E-state index in [1.165, 1.54) is 58.3 Å². The second kappa shape index (κ2) is 6.02. The van der Waals surface area contributed by atoms with Crippen LogP contribution in [0.4, 0.5) is 0 Å². The molecule has 2 heterocycles. The average molecular weight is 224 g/mol. The molecule has 2 fully saturated rings. The molecule has 1 N–H and O–H groups in total. The lowest BCUT2D eigenvalue weighted by atomic mass is 9.83. The molecule has 0 amide bonds. The Morgan fingerprint density at radius 2 is 1.56 bits per heavy atom. The highest BCUT2D eigenvalue weighted by molar-refractivity contribution is 4.78. The van der Waals surface area contributed by atoms with Crippen molar-refractivity contribution in [3.8, 4) is 0 Å². The quantitative estimate of drug-likeness (QED) is 0.792. The first kappa shape index (κ1) is 12.4. The third-order valence-electron chi connectivity index (χ3n) is 4.50. The number of hydrogen-bond donors (Lipinski definition) is 1. The Labute approximate surface area is 101 Å². The number of likely N-dealkylation sites (tertiary alicyclic amines) is 1. The maximum absolute atomic E-state index is 3.47. The van der Waals surface area contributed by atoms with Crippen LogP contribution in [0.2, 0.25) is 0 Å². The monoisotopic (exact) mass is 224 g/mol. The van der Waals surface area contributed by atoms with E-state index in [0.29, 0.717) is 0 Å². The van der Waals surface area contributed by atoms with Crippen molar-refractivity contribution in [1.29, 1.82) is 0 Å². The van der Waals surface area contributed by atoms with Crippen LogP contribution in [-0.2, 0) is 0 Å². The Bertz CT molecular complexity index is 189. The van der Waals surface area contributed by atoms with Gasteiger partial charge in [-0.05, 0) is 84.0 Å². The second-order valence-electron chi connectivity index (χ2n) is 6.00. The van der Waals surface area contributed by atoms with E-state index in [4.69, 9.17) is 0 Å². The second-order valence-corrected chi connectivity index (χ2v) is 6.00. The molecule has 16 heavy (non-hydrogen) atoms. The summed E-state index contributed by atoms with van der Waals surface area (Å²) in [7, 11) is 0. The minimum atomic E-state index is 0.750. The number of piperidine rings is 2. The predicted molar refractivity (Wildman–Crippen MR) is 69.6 cm³/mol. The van der Waals surface area contributed by atoms with Gasteiger partial charge in [-0.15, -0.1) is 0 Å². The van der Waals surface area contributed by atoms with Crippen molar-refractivity contribution in [3.05, 3.63) is 0 Å². The van der Waals surface area contributed by atoms with Crippen LogP contribution in [0.25, 0.3) is 0 Å². The van der Waals surface area contributed by atoms with Crippen LogP contribution in [0.15, 0.2) is 0 Å². The highest BCUT2D eigenvalue weighted by Crippen LogP contribution is 2.28. The van der Waals surface area contributed by atoms with Crippen molar-refractivity contribution in [2.45, 2.75) is 52.0 Å². The molecular formula is C14H28N2. The number of rotatable bonds is 3. The molecule has 0 aliphatic carbocycles. The molecule has 0 radical (unpaired) electrons. The first-order valence-corrected chi connectivity index (χ1v) is 7.20. The number of nitrogens with zero attached hydrogens (tertiary/aromatic N) is 1. The molecule has 0 spiro atoms. The standard InChI is InChI=1S/C14H28N2/c1-12(2)16-9-5-14(6-10-16)11-13-3-7-15-8-4-13/h12-15H,3-11H2,1-2H3. The van der Waals surface area contributed by atoms with Crippen molar-refractivity contribution >= 4 is 0 Å². The van der Waals surface area contributed by atoms with Gasteiger partial charge in [-0.2, -0.15) is 0 Å². The van der Waals surface area contributed by atoms with E-state index in [-0.39, 0.29) is 0 Å². The summed E-state index contributed by atoms with van der Waals surface area (Å²) in [6, 6.07) is 0.750. The van der Waals surface area contributed by atoms with Gasteiger partial charge in [-0.3, -0.25) is 0 Å². The highest BCUT2D eigenvalue weighted by Gasteiger charge is 2.24. The van der Waals surface area contributed by atoms with Crippen molar-refractivity contribution in [2.75, 3.05) is 26.2 Å². The fourth-order valence-electron chi connectivity index (χ4n) is 3.29. The Hall–Kier alpha value is -0.0800. The molecule has 0 atom stereocenters. The third kappa shape index (κ3) is 3.46. The van der Waals surface area contributed by atoms with Crippen molar-refractivity contribution in [2.24, 2.45) is 11.8 Å². The van der Waals surface area contributed by atoms with Crippen LogP contribution in [-0.4, -0.2) is 37.1 Å². The summed E-state index contributed by atoms with van der Waals surface area (Å²) in [5, 5.41) is 3.47. The molecule has 0 unspecified atom stereocenters. The van der Waals surface area contributed by atoms with E-state index in [2.05, 4.69) is 24.1 Å². The van der Waals surface area contributed by atoms with Gasteiger partial charge >= 0.3 is 0 Å². The first-order chi connectivity index (χ1) is 7.75. The third-order valence-corrected chi connectivity index (χ3v) is 4.50. The zero-order valence-corrected chi connectivity index (χ0v) is 11.0. The Morgan fingerprint density at radius 1 is 1.00 bits per heavy atom. The molecule has 2 rings (SSSR count). The minimum Gasteiger partial charge on any atom is -0.317 e. The lowest BCUT2D eigenvalue weighted by Gasteiger charge is -2.36. The van der Waals surface area contributed by atoms with E-state index in [1.807, 2.05) is 0 Å². The van der Waals surface area contributed by atoms with Gasteiger partial charge in [0.25, 0.3) is 0 Å². The van der Waals surface area contributed by atoms with Crippen LogP contribution >= 0.6 is 0 Å². The van der Waals surface area contributed by atoms with Gasteiger partial charge in [0.15, 0.2) is 0 Å². The summed E-state index contributed by atoms with van der Waals surface area (Å²) in [5.41, 5.74) is 0. The molecule has 0 bridgehead atoms. The van der Waals surface area contributed by atoms with Crippen molar-refractivity contribution < 1.29 is 0 Å². The molecule has 0 aromatic carbocycles. The fourth-order valence-corrected chi connectivity index (χ4v) is 3.29. The van der Waals surface area contributed by atoms with Crippen molar-refractivity contribution in [1.82, 2.24) is 10.2 Å². The van der Waals surface area contributed by atoms with Gasteiger partial charge in [0.05, 0.1) is 0 Å². The van der Waals surface area contributed by atoms with Crippen LogP contribution in [0.5, 0.6) is 0 Å². The normalized spacial score (nSPS) is 26.4. The zero-order valence-electron chi connectivity index (χ0n) is 11.0. The Balaban J connectivity index is 1.68. The van der Waals surface area contributed by atoms with E-state index >= 15 is 0 Å². The summed E-state index contributed by atoms with van der Waals surface area (Å²) in [6.07, 6.45) is 7.24. The zero-order chi connectivity index (χ0) is 11.4. The highest BCUT2D eigenvalue weighted by atomic mass is 15.1. The molecule has 0 saturated carbocycles. The van der Waals surface area contributed by atoms with Gasteiger partial charge in [-0.25, -0.2) is 0 Å². The molecular weight excluding hydrogens is 196 g/mol. The summed E-state index contributed by atoms with van der Waals surface area (Å²) >= 11 is 0. The van der Waals surface area contributed by atoms with Crippen LogP contribution in [0, 0.1) is 11.8 Å². The summed E-state index contributed by atoms with van der Waals surface area (Å²) in [4.78, 5) is 2.64. The van der Waals surface area contributed by atoms with Crippen LogP contribution in [0.3, 0.4) is 0 Å². The molecule has 2 heteroatoms. The predicted octanol–water partition coefficient (Wildman–Crippen LogP) is 2.50. The van der Waals surface area contributed by atoms with Gasteiger partial charge in [0.1, 0.15) is 0 Å².